The van der Waals surface area contributed by atoms with E-state index in [0.717, 1.165) is 19.3 Å². The Morgan fingerprint density at radius 1 is 1.40 bits per heavy atom. The third kappa shape index (κ3) is 4.77. The third-order valence-electron chi connectivity index (χ3n) is 1.63. The van der Waals surface area contributed by atoms with Gasteiger partial charge in [0.2, 0.25) is 0 Å². The van der Waals surface area contributed by atoms with E-state index in [1.165, 1.54) is 0 Å². The molecule has 0 spiro atoms. The summed E-state index contributed by atoms with van der Waals surface area (Å²) >= 11 is 0. The standard InChI is InChI=1S/C8H18O2/c1-3-4-8(6-9)5-7(2)10/h7-10H,3-6H2,1-2H3. The Morgan fingerprint density at radius 3 is 2.30 bits per heavy atom. The lowest BCUT2D eigenvalue weighted by Gasteiger charge is -2.13. The third-order valence-corrected chi connectivity index (χ3v) is 1.63. The molecule has 0 heterocycles. The van der Waals surface area contributed by atoms with E-state index in [-0.39, 0.29) is 12.7 Å². The van der Waals surface area contributed by atoms with Crippen LogP contribution < -0.4 is 0 Å². The zero-order valence-electron chi connectivity index (χ0n) is 6.88. The molecular weight excluding hydrogens is 128 g/mol. The highest BCUT2D eigenvalue weighted by molar-refractivity contribution is 4.60. The van der Waals surface area contributed by atoms with Crippen molar-refractivity contribution in [2.75, 3.05) is 6.61 Å². The summed E-state index contributed by atoms with van der Waals surface area (Å²) in [4.78, 5) is 0. The zero-order valence-corrected chi connectivity index (χ0v) is 6.88. The molecular formula is C8H18O2. The summed E-state index contributed by atoms with van der Waals surface area (Å²) in [5.41, 5.74) is 0. The van der Waals surface area contributed by atoms with Crippen molar-refractivity contribution < 1.29 is 10.2 Å². The van der Waals surface area contributed by atoms with Crippen LogP contribution in [0.25, 0.3) is 0 Å². The van der Waals surface area contributed by atoms with Gasteiger partial charge in [-0.3, -0.25) is 0 Å². The molecule has 0 aromatic carbocycles. The van der Waals surface area contributed by atoms with Crippen LogP contribution in [0.15, 0.2) is 0 Å². The summed E-state index contributed by atoms with van der Waals surface area (Å²) in [5, 5.41) is 17.8. The zero-order chi connectivity index (χ0) is 7.98. The maximum atomic E-state index is 8.97. The van der Waals surface area contributed by atoms with Crippen molar-refractivity contribution in [3.8, 4) is 0 Å². The van der Waals surface area contributed by atoms with Crippen LogP contribution >= 0.6 is 0 Å². The summed E-state index contributed by atoms with van der Waals surface area (Å²) in [7, 11) is 0. The Hall–Kier alpha value is -0.0800. The van der Waals surface area contributed by atoms with E-state index in [2.05, 4.69) is 6.92 Å². The average molecular weight is 146 g/mol. The smallest absolute Gasteiger partial charge is 0.0515 e. The van der Waals surface area contributed by atoms with Crippen molar-refractivity contribution >= 4 is 0 Å². The second-order valence-corrected chi connectivity index (χ2v) is 2.92. The molecule has 0 aromatic heterocycles. The van der Waals surface area contributed by atoms with Crippen LogP contribution in [0.1, 0.15) is 33.1 Å². The fourth-order valence-corrected chi connectivity index (χ4v) is 1.17. The molecule has 0 aliphatic heterocycles. The summed E-state index contributed by atoms with van der Waals surface area (Å²) in [6.45, 7) is 4.06. The summed E-state index contributed by atoms with van der Waals surface area (Å²) in [6, 6.07) is 0. The van der Waals surface area contributed by atoms with Crippen molar-refractivity contribution in [2.45, 2.75) is 39.2 Å². The van der Waals surface area contributed by atoms with Crippen LogP contribution in [0.3, 0.4) is 0 Å². The quantitative estimate of drug-likeness (QED) is 0.611. The average Bonchev–Trinajstić information content (AvgIpc) is 1.86. The van der Waals surface area contributed by atoms with Crippen molar-refractivity contribution in [3.63, 3.8) is 0 Å². The molecule has 2 nitrogen and oxygen atoms in total. The Bertz CT molecular complexity index is 71.7. The van der Waals surface area contributed by atoms with E-state index in [0.29, 0.717) is 5.92 Å². The predicted molar refractivity (Wildman–Crippen MR) is 41.8 cm³/mol. The van der Waals surface area contributed by atoms with Gasteiger partial charge in [0.15, 0.2) is 0 Å². The van der Waals surface area contributed by atoms with Crippen molar-refractivity contribution in [1.29, 1.82) is 0 Å². The van der Waals surface area contributed by atoms with Crippen molar-refractivity contribution in [1.82, 2.24) is 0 Å². The molecule has 0 aromatic rings. The van der Waals surface area contributed by atoms with Crippen LogP contribution in [-0.4, -0.2) is 22.9 Å². The SMILES string of the molecule is CCCC(CO)CC(C)O. The second kappa shape index (κ2) is 5.69. The van der Waals surface area contributed by atoms with E-state index in [4.69, 9.17) is 10.2 Å². The molecule has 2 heteroatoms. The van der Waals surface area contributed by atoms with Gasteiger partial charge in [-0.25, -0.2) is 0 Å². The first kappa shape index (κ1) is 9.92. The normalized spacial score (nSPS) is 16.8. The fraction of sp³-hybridized carbons (Fsp3) is 1.00. The van der Waals surface area contributed by atoms with Gasteiger partial charge in [0.1, 0.15) is 0 Å². The maximum absolute atomic E-state index is 8.97. The molecule has 0 amide bonds. The second-order valence-electron chi connectivity index (χ2n) is 2.92. The minimum Gasteiger partial charge on any atom is -0.396 e. The molecule has 10 heavy (non-hydrogen) atoms. The van der Waals surface area contributed by atoms with Gasteiger partial charge in [-0.05, 0) is 25.7 Å². The van der Waals surface area contributed by atoms with E-state index in [9.17, 15) is 0 Å². The summed E-state index contributed by atoms with van der Waals surface area (Å²) < 4.78 is 0. The monoisotopic (exact) mass is 146 g/mol. The minimum atomic E-state index is -0.274. The van der Waals surface area contributed by atoms with Gasteiger partial charge < -0.3 is 10.2 Å². The number of rotatable bonds is 5. The van der Waals surface area contributed by atoms with Crippen molar-refractivity contribution in [2.24, 2.45) is 5.92 Å². The highest BCUT2D eigenvalue weighted by Gasteiger charge is 2.08. The van der Waals surface area contributed by atoms with E-state index in [1.54, 1.807) is 6.92 Å². The Morgan fingerprint density at radius 2 is 2.00 bits per heavy atom. The molecule has 0 radical (unpaired) electrons. The van der Waals surface area contributed by atoms with Crippen LogP contribution in [0.4, 0.5) is 0 Å². The van der Waals surface area contributed by atoms with Gasteiger partial charge >= 0.3 is 0 Å². The molecule has 62 valence electrons. The molecule has 2 atom stereocenters. The molecule has 0 rings (SSSR count). The number of aliphatic hydroxyl groups excluding tert-OH is 2. The molecule has 0 saturated heterocycles. The molecule has 0 fully saturated rings. The lowest BCUT2D eigenvalue weighted by molar-refractivity contribution is 0.124. The highest BCUT2D eigenvalue weighted by atomic mass is 16.3. The van der Waals surface area contributed by atoms with Crippen LogP contribution in [0.5, 0.6) is 0 Å². The lowest BCUT2D eigenvalue weighted by Crippen LogP contribution is -2.13. The molecule has 2 unspecified atom stereocenters. The van der Waals surface area contributed by atoms with Crippen molar-refractivity contribution in [3.05, 3.63) is 0 Å². The first-order valence-corrected chi connectivity index (χ1v) is 3.99. The van der Waals surface area contributed by atoms with Gasteiger partial charge in [0.05, 0.1) is 6.10 Å². The lowest BCUT2D eigenvalue weighted by atomic mass is 9.98. The first-order valence-electron chi connectivity index (χ1n) is 3.99. The van der Waals surface area contributed by atoms with E-state index >= 15 is 0 Å². The maximum Gasteiger partial charge on any atom is 0.0515 e. The molecule has 0 bridgehead atoms. The van der Waals surface area contributed by atoms with Crippen LogP contribution in [-0.2, 0) is 0 Å². The Balaban J connectivity index is 3.39. The number of aliphatic hydroxyl groups is 2. The van der Waals surface area contributed by atoms with Gasteiger partial charge in [0.25, 0.3) is 0 Å². The summed E-state index contributed by atoms with van der Waals surface area (Å²) in [6.07, 6.45) is 2.55. The van der Waals surface area contributed by atoms with Gasteiger partial charge in [-0.2, -0.15) is 0 Å². The summed E-state index contributed by atoms with van der Waals surface area (Å²) in [5.74, 6) is 0.296. The minimum absolute atomic E-state index is 0.207. The van der Waals surface area contributed by atoms with Crippen LogP contribution in [0.2, 0.25) is 0 Å². The van der Waals surface area contributed by atoms with E-state index in [1.807, 2.05) is 0 Å². The molecule has 0 aliphatic rings. The predicted octanol–water partition coefficient (Wildman–Crippen LogP) is 1.17. The van der Waals surface area contributed by atoms with Gasteiger partial charge in [-0.1, -0.05) is 13.3 Å². The molecule has 0 saturated carbocycles. The first-order chi connectivity index (χ1) is 4.70. The fourth-order valence-electron chi connectivity index (χ4n) is 1.17. The number of hydrogen-bond donors (Lipinski definition) is 2. The Labute approximate surface area is 62.9 Å². The largest absolute Gasteiger partial charge is 0.396 e. The number of hydrogen-bond acceptors (Lipinski definition) is 2. The van der Waals surface area contributed by atoms with Gasteiger partial charge in [0, 0.05) is 6.61 Å². The van der Waals surface area contributed by atoms with E-state index < -0.39 is 0 Å². The highest BCUT2D eigenvalue weighted by Crippen LogP contribution is 2.12. The molecule has 2 N–H and O–H groups in total. The topological polar surface area (TPSA) is 40.5 Å². The van der Waals surface area contributed by atoms with Gasteiger partial charge in [-0.15, -0.1) is 0 Å². The van der Waals surface area contributed by atoms with Crippen LogP contribution in [0, 0.1) is 5.92 Å². The molecule has 0 aliphatic carbocycles. The Kier molecular flexibility index (Phi) is 5.64.